The highest BCUT2D eigenvalue weighted by molar-refractivity contribution is 7.71. The number of halogens is 2. The number of fused-ring (bicyclic) bond motifs is 1. The lowest BCUT2D eigenvalue weighted by Crippen LogP contribution is -2.02. The summed E-state index contributed by atoms with van der Waals surface area (Å²) in [6, 6.07) is 4.88. The maximum Gasteiger partial charge on any atom is 0.178 e. The van der Waals surface area contributed by atoms with E-state index in [9.17, 15) is 4.39 Å². The number of nitrogens with zero attached hydrogens (tertiary/aromatic N) is 2. The van der Waals surface area contributed by atoms with Crippen LogP contribution in [-0.2, 0) is 6.54 Å². The van der Waals surface area contributed by atoms with Gasteiger partial charge in [0, 0.05) is 18.5 Å². The first-order valence-corrected chi connectivity index (χ1v) is 6.82. The normalized spacial score (nSPS) is 11.2. The maximum atomic E-state index is 13.7. The monoisotopic (exact) mass is 307 g/mol. The van der Waals surface area contributed by atoms with Crippen LogP contribution < -0.4 is 0 Å². The Bertz CT molecular complexity index is 853. The van der Waals surface area contributed by atoms with Crippen molar-refractivity contribution >= 4 is 34.9 Å². The summed E-state index contributed by atoms with van der Waals surface area (Å²) >= 11 is 11.1. The van der Waals surface area contributed by atoms with Gasteiger partial charge in [-0.05, 0) is 42.4 Å². The predicted molar refractivity (Wildman–Crippen MR) is 80.2 cm³/mol. The molecule has 3 aromatic rings. The van der Waals surface area contributed by atoms with Gasteiger partial charge in [0.2, 0.25) is 0 Å². The van der Waals surface area contributed by atoms with Crippen LogP contribution in [0.1, 0.15) is 11.1 Å². The molecule has 0 aliphatic carbocycles. The molecule has 1 aromatic carbocycles. The summed E-state index contributed by atoms with van der Waals surface area (Å²) in [6.45, 7) is 2.55. The van der Waals surface area contributed by atoms with Gasteiger partial charge in [0.15, 0.2) is 4.77 Å². The van der Waals surface area contributed by atoms with E-state index in [1.54, 1.807) is 18.5 Å². The molecule has 0 aliphatic heterocycles. The van der Waals surface area contributed by atoms with Crippen molar-refractivity contribution in [3.05, 3.63) is 57.3 Å². The van der Waals surface area contributed by atoms with Gasteiger partial charge < -0.3 is 9.55 Å². The lowest BCUT2D eigenvalue weighted by molar-refractivity contribution is 0.628. The van der Waals surface area contributed by atoms with Gasteiger partial charge in [-0.1, -0.05) is 11.6 Å². The third-order valence-electron chi connectivity index (χ3n) is 3.29. The molecule has 0 spiro atoms. The second-order valence-electron chi connectivity index (χ2n) is 4.60. The zero-order chi connectivity index (χ0) is 14.3. The quantitative estimate of drug-likeness (QED) is 0.718. The average Bonchev–Trinajstić information content (AvgIpc) is 2.69. The van der Waals surface area contributed by atoms with Crippen LogP contribution in [0.3, 0.4) is 0 Å². The van der Waals surface area contributed by atoms with Gasteiger partial charge in [0.05, 0.1) is 22.6 Å². The van der Waals surface area contributed by atoms with E-state index in [2.05, 4.69) is 9.97 Å². The third kappa shape index (κ3) is 2.23. The van der Waals surface area contributed by atoms with E-state index >= 15 is 0 Å². The van der Waals surface area contributed by atoms with E-state index in [0.29, 0.717) is 16.8 Å². The van der Waals surface area contributed by atoms with Gasteiger partial charge >= 0.3 is 0 Å². The molecule has 2 heterocycles. The number of pyridine rings is 1. The van der Waals surface area contributed by atoms with Crippen molar-refractivity contribution in [3.8, 4) is 0 Å². The number of aromatic nitrogens is 3. The Morgan fingerprint density at radius 3 is 3.00 bits per heavy atom. The van der Waals surface area contributed by atoms with E-state index in [0.717, 1.165) is 16.6 Å². The van der Waals surface area contributed by atoms with Crippen molar-refractivity contribution < 1.29 is 4.39 Å². The Morgan fingerprint density at radius 2 is 2.25 bits per heavy atom. The number of H-pyrrole nitrogens is 1. The second kappa shape index (κ2) is 5.00. The lowest BCUT2D eigenvalue weighted by atomic mass is 10.1. The molecule has 102 valence electrons. The van der Waals surface area contributed by atoms with Crippen molar-refractivity contribution in [1.29, 1.82) is 0 Å². The van der Waals surface area contributed by atoms with Crippen LogP contribution in [-0.4, -0.2) is 14.5 Å². The van der Waals surface area contributed by atoms with E-state index in [-0.39, 0.29) is 5.02 Å². The van der Waals surface area contributed by atoms with E-state index < -0.39 is 5.82 Å². The van der Waals surface area contributed by atoms with Crippen LogP contribution in [0.2, 0.25) is 5.02 Å². The van der Waals surface area contributed by atoms with Crippen molar-refractivity contribution in [1.82, 2.24) is 14.5 Å². The van der Waals surface area contributed by atoms with E-state index in [4.69, 9.17) is 23.8 Å². The predicted octanol–water partition coefficient (Wildman–Crippen LogP) is 4.24. The van der Waals surface area contributed by atoms with Crippen LogP contribution in [0.4, 0.5) is 4.39 Å². The highest BCUT2D eigenvalue weighted by Crippen LogP contribution is 2.23. The molecule has 20 heavy (non-hydrogen) atoms. The fourth-order valence-corrected chi connectivity index (χ4v) is 2.58. The van der Waals surface area contributed by atoms with Crippen molar-refractivity contribution in [2.24, 2.45) is 0 Å². The number of imidazole rings is 1. The summed E-state index contributed by atoms with van der Waals surface area (Å²) in [5.41, 5.74) is 3.58. The zero-order valence-corrected chi connectivity index (χ0v) is 12.2. The number of hydrogen-bond donors (Lipinski definition) is 1. The minimum Gasteiger partial charge on any atom is -0.331 e. The van der Waals surface area contributed by atoms with Crippen molar-refractivity contribution in [2.75, 3.05) is 0 Å². The standard InChI is InChI=1S/C14H11ClFN3S/c1-8-2-3-17-6-9(8)7-19-13-5-11(16)10(15)4-12(13)18-14(19)20/h2-6H,7H2,1H3,(H,18,20). The first-order valence-electron chi connectivity index (χ1n) is 6.03. The molecule has 3 rings (SSSR count). The fraction of sp³-hybridized carbons (Fsp3) is 0.143. The Hall–Kier alpha value is -1.72. The minimum atomic E-state index is -0.454. The first kappa shape index (κ1) is 13.3. The molecule has 2 aromatic heterocycles. The molecular formula is C14H11ClFN3S. The summed E-state index contributed by atoms with van der Waals surface area (Å²) in [5, 5.41) is 0.0819. The van der Waals surface area contributed by atoms with Gasteiger partial charge in [-0.25, -0.2) is 4.39 Å². The Morgan fingerprint density at radius 1 is 1.45 bits per heavy atom. The third-order valence-corrected chi connectivity index (χ3v) is 3.90. The van der Waals surface area contributed by atoms with E-state index in [1.807, 2.05) is 17.6 Å². The Labute approximate surface area is 125 Å². The SMILES string of the molecule is Cc1ccncc1Cn1c(=S)[nH]c2cc(Cl)c(F)cc21. The van der Waals surface area contributed by atoms with Crippen molar-refractivity contribution in [3.63, 3.8) is 0 Å². The molecule has 0 saturated heterocycles. The van der Waals surface area contributed by atoms with Gasteiger partial charge in [0.25, 0.3) is 0 Å². The Kier molecular flexibility index (Phi) is 3.31. The van der Waals surface area contributed by atoms with Gasteiger partial charge in [0.1, 0.15) is 5.82 Å². The maximum absolute atomic E-state index is 13.7. The van der Waals surface area contributed by atoms with Crippen molar-refractivity contribution in [2.45, 2.75) is 13.5 Å². The summed E-state index contributed by atoms with van der Waals surface area (Å²) in [6.07, 6.45) is 3.54. The molecule has 6 heteroatoms. The number of aryl methyl sites for hydroxylation is 1. The number of benzene rings is 1. The fourth-order valence-electron chi connectivity index (χ4n) is 2.14. The molecule has 3 nitrogen and oxygen atoms in total. The molecule has 1 N–H and O–H groups in total. The molecule has 0 bridgehead atoms. The first-order chi connectivity index (χ1) is 9.56. The molecule has 0 atom stereocenters. The van der Waals surface area contributed by atoms with Gasteiger partial charge in [-0.2, -0.15) is 0 Å². The van der Waals surface area contributed by atoms with Gasteiger partial charge in [-0.15, -0.1) is 0 Å². The molecule has 0 amide bonds. The molecular weight excluding hydrogens is 297 g/mol. The number of rotatable bonds is 2. The molecule has 0 fully saturated rings. The molecule has 0 unspecified atom stereocenters. The molecule has 0 saturated carbocycles. The minimum absolute atomic E-state index is 0.0819. The number of aromatic amines is 1. The second-order valence-corrected chi connectivity index (χ2v) is 5.40. The molecule has 0 aliphatic rings. The smallest absolute Gasteiger partial charge is 0.178 e. The summed E-state index contributed by atoms with van der Waals surface area (Å²) in [5.74, 6) is -0.454. The zero-order valence-electron chi connectivity index (χ0n) is 10.7. The summed E-state index contributed by atoms with van der Waals surface area (Å²) in [4.78, 5) is 7.16. The van der Waals surface area contributed by atoms with Crippen LogP contribution >= 0.6 is 23.8 Å². The highest BCUT2D eigenvalue weighted by atomic mass is 35.5. The van der Waals surface area contributed by atoms with Crippen LogP contribution in [0, 0.1) is 17.5 Å². The summed E-state index contributed by atoms with van der Waals surface area (Å²) in [7, 11) is 0. The van der Waals surface area contributed by atoms with Crippen LogP contribution in [0.25, 0.3) is 11.0 Å². The Balaban J connectivity index is 2.17. The number of nitrogens with one attached hydrogen (secondary N) is 1. The highest BCUT2D eigenvalue weighted by Gasteiger charge is 2.10. The molecule has 0 radical (unpaired) electrons. The summed E-state index contributed by atoms with van der Waals surface area (Å²) < 4.78 is 16.0. The van der Waals surface area contributed by atoms with Crippen LogP contribution in [0.5, 0.6) is 0 Å². The average molecular weight is 308 g/mol. The van der Waals surface area contributed by atoms with Crippen LogP contribution in [0.15, 0.2) is 30.6 Å². The largest absolute Gasteiger partial charge is 0.331 e. The van der Waals surface area contributed by atoms with Gasteiger partial charge in [-0.3, -0.25) is 4.98 Å². The van der Waals surface area contributed by atoms with E-state index in [1.165, 1.54) is 6.07 Å². The topological polar surface area (TPSA) is 33.6 Å². The number of hydrogen-bond acceptors (Lipinski definition) is 2. The lowest BCUT2D eigenvalue weighted by Gasteiger charge is -2.07.